The van der Waals surface area contributed by atoms with Crippen molar-refractivity contribution in [2.45, 2.75) is 70.8 Å². The summed E-state index contributed by atoms with van der Waals surface area (Å²) in [4.78, 5) is 0. The molecule has 0 bridgehead atoms. The number of rotatable bonds is 7. The minimum absolute atomic E-state index is 0.185. The Morgan fingerprint density at radius 2 is 1.88 bits per heavy atom. The topological polar surface area (TPSA) is 9.23 Å². The van der Waals surface area contributed by atoms with Crippen molar-refractivity contribution in [3.63, 3.8) is 0 Å². The van der Waals surface area contributed by atoms with Gasteiger partial charge in [0.2, 0.25) is 6.43 Å². The number of hydrogen-bond acceptors (Lipinski definition) is 1. The van der Waals surface area contributed by atoms with E-state index in [1.165, 1.54) is 12.8 Å². The van der Waals surface area contributed by atoms with Gasteiger partial charge in [-0.3, -0.25) is 0 Å². The zero-order valence-electron chi connectivity index (χ0n) is 10.3. The maximum absolute atomic E-state index is 12.7. The Labute approximate surface area is 97.6 Å². The Morgan fingerprint density at radius 3 is 2.56 bits per heavy atom. The molecule has 0 spiro atoms. The van der Waals surface area contributed by atoms with E-state index in [1.807, 2.05) is 0 Å². The van der Waals surface area contributed by atoms with Crippen LogP contribution in [0.5, 0.6) is 0 Å². The Morgan fingerprint density at radius 1 is 1.12 bits per heavy atom. The van der Waals surface area contributed by atoms with Crippen LogP contribution in [-0.2, 0) is 4.74 Å². The molecule has 1 rings (SSSR count). The summed E-state index contributed by atoms with van der Waals surface area (Å²) >= 11 is 0. The van der Waals surface area contributed by atoms with E-state index in [-0.39, 0.29) is 6.10 Å². The van der Waals surface area contributed by atoms with Crippen LogP contribution in [0, 0.1) is 5.92 Å². The smallest absolute Gasteiger partial charge is 0.243 e. The standard InChI is InChI=1S/C13H24F2O/c1-2-3-4-7-10-16-12-9-6-5-8-11(12)13(14)15/h11-13H,2-10H2,1H3. The summed E-state index contributed by atoms with van der Waals surface area (Å²) < 4.78 is 31.1. The normalized spacial score (nSPS) is 26.2. The molecule has 1 nitrogen and oxygen atoms in total. The maximum Gasteiger partial charge on any atom is 0.243 e. The fourth-order valence-corrected chi connectivity index (χ4v) is 2.38. The molecule has 96 valence electrons. The molecular weight excluding hydrogens is 210 g/mol. The third kappa shape index (κ3) is 4.77. The van der Waals surface area contributed by atoms with E-state index in [2.05, 4.69) is 6.92 Å². The summed E-state index contributed by atoms with van der Waals surface area (Å²) in [5.41, 5.74) is 0. The van der Waals surface area contributed by atoms with Gasteiger partial charge in [-0.25, -0.2) is 8.78 Å². The predicted octanol–water partition coefficient (Wildman–Crippen LogP) is 4.41. The van der Waals surface area contributed by atoms with E-state index < -0.39 is 12.3 Å². The van der Waals surface area contributed by atoms with Gasteiger partial charge in [-0.1, -0.05) is 39.0 Å². The SMILES string of the molecule is CCCCCCOC1CCCCC1C(F)F. The van der Waals surface area contributed by atoms with Gasteiger partial charge in [-0.15, -0.1) is 0 Å². The van der Waals surface area contributed by atoms with Crippen molar-refractivity contribution in [3.05, 3.63) is 0 Å². The van der Waals surface area contributed by atoms with E-state index in [1.54, 1.807) is 0 Å². The van der Waals surface area contributed by atoms with E-state index in [9.17, 15) is 8.78 Å². The van der Waals surface area contributed by atoms with Crippen molar-refractivity contribution in [3.8, 4) is 0 Å². The molecule has 0 aliphatic heterocycles. The number of ether oxygens (including phenoxy) is 1. The predicted molar refractivity (Wildman–Crippen MR) is 61.8 cm³/mol. The lowest BCUT2D eigenvalue weighted by molar-refractivity contribution is -0.0706. The van der Waals surface area contributed by atoms with Crippen LogP contribution in [-0.4, -0.2) is 19.1 Å². The van der Waals surface area contributed by atoms with E-state index in [0.717, 1.165) is 32.1 Å². The minimum Gasteiger partial charge on any atom is -0.378 e. The Bertz CT molecular complexity index is 173. The van der Waals surface area contributed by atoms with Crippen LogP contribution in [0.1, 0.15) is 58.3 Å². The molecule has 0 amide bonds. The lowest BCUT2D eigenvalue weighted by Gasteiger charge is -2.30. The average Bonchev–Trinajstić information content (AvgIpc) is 2.29. The van der Waals surface area contributed by atoms with Crippen LogP contribution < -0.4 is 0 Å². The number of alkyl halides is 2. The molecule has 2 atom stereocenters. The highest BCUT2D eigenvalue weighted by Gasteiger charge is 2.32. The zero-order chi connectivity index (χ0) is 11.8. The molecule has 1 fully saturated rings. The van der Waals surface area contributed by atoms with Crippen LogP contribution in [0.2, 0.25) is 0 Å². The first-order chi connectivity index (χ1) is 7.75. The lowest BCUT2D eigenvalue weighted by Crippen LogP contribution is -2.33. The Balaban J connectivity index is 2.17. The molecule has 0 N–H and O–H groups in total. The van der Waals surface area contributed by atoms with E-state index in [0.29, 0.717) is 13.0 Å². The van der Waals surface area contributed by atoms with Crippen molar-refractivity contribution in [1.82, 2.24) is 0 Å². The number of halogens is 2. The first-order valence-electron chi connectivity index (χ1n) is 6.65. The van der Waals surface area contributed by atoms with Gasteiger partial charge < -0.3 is 4.74 Å². The van der Waals surface area contributed by atoms with Gasteiger partial charge in [-0.2, -0.15) is 0 Å². The Kier molecular flexibility index (Phi) is 6.93. The van der Waals surface area contributed by atoms with Crippen molar-refractivity contribution >= 4 is 0 Å². The second-order valence-electron chi connectivity index (χ2n) is 4.75. The largest absolute Gasteiger partial charge is 0.378 e. The first-order valence-corrected chi connectivity index (χ1v) is 6.65. The molecule has 1 saturated carbocycles. The maximum atomic E-state index is 12.7. The molecule has 0 heterocycles. The van der Waals surface area contributed by atoms with Crippen molar-refractivity contribution in [1.29, 1.82) is 0 Å². The third-order valence-corrected chi connectivity index (χ3v) is 3.41. The molecule has 1 aliphatic rings. The van der Waals surface area contributed by atoms with Crippen molar-refractivity contribution in [2.75, 3.05) is 6.61 Å². The second kappa shape index (κ2) is 7.99. The molecule has 0 aromatic heterocycles. The van der Waals surface area contributed by atoms with Crippen molar-refractivity contribution < 1.29 is 13.5 Å². The molecule has 0 aromatic carbocycles. The molecule has 0 saturated heterocycles. The molecule has 2 unspecified atom stereocenters. The lowest BCUT2D eigenvalue weighted by atomic mass is 9.86. The van der Waals surface area contributed by atoms with Gasteiger partial charge in [0.25, 0.3) is 0 Å². The fourth-order valence-electron chi connectivity index (χ4n) is 2.38. The Hall–Kier alpha value is -0.180. The molecule has 16 heavy (non-hydrogen) atoms. The zero-order valence-corrected chi connectivity index (χ0v) is 10.3. The van der Waals surface area contributed by atoms with E-state index >= 15 is 0 Å². The molecule has 0 aromatic rings. The van der Waals surface area contributed by atoms with Gasteiger partial charge in [-0.05, 0) is 19.3 Å². The van der Waals surface area contributed by atoms with Gasteiger partial charge in [0.1, 0.15) is 0 Å². The average molecular weight is 234 g/mol. The summed E-state index contributed by atoms with van der Waals surface area (Å²) in [7, 11) is 0. The van der Waals surface area contributed by atoms with Crippen LogP contribution in [0.15, 0.2) is 0 Å². The molecular formula is C13H24F2O. The molecule has 3 heteroatoms. The summed E-state index contributed by atoms with van der Waals surface area (Å²) in [5.74, 6) is -0.514. The van der Waals surface area contributed by atoms with Gasteiger partial charge in [0.15, 0.2) is 0 Å². The van der Waals surface area contributed by atoms with Gasteiger partial charge >= 0.3 is 0 Å². The summed E-state index contributed by atoms with van der Waals surface area (Å²) in [5, 5.41) is 0. The number of hydrogen-bond donors (Lipinski definition) is 0. The third-order valence-electron chi connectivity index (χ3n) is 3.41. The highest BCUT2D eigenvalue weighted by Crippen LogP contribution is 2.31. The minimum atomic E-state index is -2.21. The van der Waals surface area contributed by atoms with Crippen molar-refractivity contribution in [2.24, 2.45) is 5.92 Å². The highest BCUT2D eigenvalue weighted by atomic mass is 19.3. The van der Waals surface area contributed by atoms with Crippen LogP contribution in [0.25, 0.3) is 0 Å². The quantitative estimate of drug-likeness (QED) is 0.593. The highest BCUT2D eigenvalue weighted by molar-refractivity contribution is 4.77. The monoisotopic (exact) mass is 234 g/mol. The second-order valence-corrected chi connectivity index (χ2v) is 4.75. The van der Waals surface area contributed by atoms with Gasteiger partial charge in [0, 0.05) is 12.5 Å². The van der Waals surface area contributed by atoms with Crippen LogP contribution in [0.3, 0.4) is 0 Å². The van der Waals surface area contributed by atoms with Crippen LogP contribution >= 0.6 is 0 Å². The van der Waals surface area contributed by atoms with E-state index in [4.69, 9.17) is 4.74 Å². The summed E-state index contributed by atoms with van der Waals surface area (Å²) in [6, 6.07) is 0. The van der Waals surface area contributed by atoms with Crippen LogP contribution in [0.4, 0.5) is 8.78 Å². The van der Waals surface area contributed by atoms with Gasteiger partial charge in [0.05, 0.1) is 6.10 Å². The first kappa shape index (κ1) is 13.9. The number of unbranched alkanes of at least 4 members (excludes halogenated alkanes) is 3. The molecule has 1 aliphatic carbocycles. The summed E-state index contributed by atoms with van der Waals surface area (Å²) in [6.45, 7) is 2.82. The summed E-state index contributed by atoms with van der Waals surface area (Å²) in [6.07, 6.45) is 5.63. The molecule has 0 radical (unpaired) electrons. The fraction of sp³-hybridized carbons (Fsp3) is 1.00.